The molecule has 3 rings (SSSR count). The largest absolute Gasteiger partial charge is 0.496 e. The van der Waals surface area contributed by atoms with E-state index in [4.69, 9.17) is 9.47 Å². The molecule has 1 aliphatic rings. The van der Waals surface area contributed by atoms with Gasteiger partial charge < -0.3 is 25.0 Å². The van der Waals surface area contributed by atoms with Gasteiger partial charge in [0.25, 0.3) is 0 Å². The highest BCUT2D eigenvalue weighted by Gasteiger charge is 2.14. The van der Waals surface area contributed by atoms with Gasteiger partial charge in [-0.2, -0.15) is 0 Å². The lowest BCUT2D eigenvalue weighted by Crippen LogP contribution is -2.37. The second-order valence-electron chi connectivity index (χ2n) is 6.52. The second-order valence-corrected chi connectivity index (χ2v) is 6.52. The standard InChI is InChI=1S/C20H27N5O3/c1-15-23-18(14-19(24-15)25-9-11-28-12-10-25)21-7-8-22-20(26)13-16-5-3-4-6-17(16)27-2/h3-6,14H,7-13H2,1-2H3,(H,22,26)(H,21,23,24). The van der Waals surface area contributed by atoms with Crippen molar-refractivity contribution in [1.82, 2.24) is 15.3 Å². The number of ether oxygens (including phenoxy) is 2. The molecule has 1 saturated heterocycles. The zero-order valence-electron chi connectivity index (χ0n) is 16.4. The predicted molar refractivity (Wildman–Crippen MR) is 108 cm³/mol. The Morgan fingerprint density at radius 1 is 1.21 bits per heavy atom. The minimum absolute atomic E-state index is 0.0424. The number of nitrogens with zero attached hydrogens (tertiary/aromatic N) is 3. The normalized spacial score (nSPS) is 13.9. The number of para-hydroxylation sites is 1. The van der Waals surface area contributed by atoms with Gasteiger partial charge in [0.05, 0.1) is 26.7 Å². The van der Waals surface area contributed by atoms with Gasteiger partial charge in [-0.1, -0.05) is 18.2 Å². The molecule has 2 aromatic rings. The summed E-state index contributed by atoms with van der Waals surface area (Å²) in [6.07, 6.45) is 0.289. The average molecular weight is 385 g/mol. The summed E-state index contributed by atoms with van der Waals surface area (Å²) in [7, 11) is 1.61. The lowest BCUT2D eigenvalue weighted by Gasteiger charge is -2.28. The molecule has 2 heterocycles. The lowest BCUT2D eigenvalue weighted by atomic mass is 10.1. The molecule has 8 heteroatoms. The molecule has 1 fully saturated rings. The number of nitrogens with one attached hydrogen (secondary N) is 2. The number of morpholine rings is 1. The Morgan fingerprint density at radius 3 is 2.79 bits per heavy atom. The van der Waals surface area contributed by atoms with Gasteiger partial charge in [0.2, 0.25) is 5.91 Å². The van der Waals surface area contributed by atoms with E-state index in [2.05, 4.69) is 25.5 Å². The number of amides is 1. The van der Waals surface area contributed by atoms with Crippen molar-refractivity contribution in [1.29, 1.82) is 0 Å². The van der Waals surface area contributed by atoms with Crippen molar-refractivity contribution >= 4 is 17.5 Å². The molecule has 0 aliphatic carbocycles. The minimum atomic E-state index is -0.0424. The summed E-state index contributed by atoms with van der Waals surface area (Å²) in [6, 6.07) is 9.48. The maximum Gasteiger partial charge on any atom is 0.224 e. The number of benzene rings is 1. The zero-order chi connectivity index (χ0) is 19.8. The summed E-state index contributed by atoms with van der Waals surface area (Å²) < 4.78 is 10.7. The summed E-state index contributed by atoms with van der Waals surface area (Å²) in [5, 5.41) is 6.18. The highest BCUT2D eigenvalue weighted by Crippen LogP contribution is 2.18. The van der Waals surface area contributed by atoms with E-state index >= 15 is 0 Å². The van der Waals surface area contributed by atoms with Gasteiger partial charge in [0.15, 0.2) is 0 Å². The highest BCUT2D eigenvalue weighted by molar-refractivity contribution is 5.79. The maximum absolute atomic E-state index is 12.2. The smallest absolute Gasteiger partial charge is 0.224 e. The zero-order valence-corrected chi connectivity index (χ0v) is 16.4. The first-order valence-corrected chi connectivity index (χ1v) is 9.46. The summed E-state index contributed by atoms with van der Waals surface area (Å²) in [5.74, 6) is 3.06. The van der Waals surface area contributed by atoms with E-state index < -0.39 is 0 Å². The molecule has 1 aromatic heterocycles. The third-order valence-corrected chi connectivity index (χ3v) is 4.46. The summed E-state index contributed by atoms with van der Waals surface area (Å²) in [4.78, 5) is 23.3. The molecule has 8 nitrogen and oxygen atoms in total. The molecule has 0 spiro atoms. The molecule has 150 valence electrons. The van der Waals surface area contributed by atoms with Gasteiger partial charge in [-0.15, -0.1) is 0 Å². The monoisotopic (exact) mass is 385 g/mol. The predicted octanol–water partition coefficient (Wildman–Crippen LogP) is 1.40. The first-order chi connectivity index (χ1) is 13.7. The van der Waals surface area contributed by atoms with Crippen LogP contribution >= 0.6 is 0 Å². The van der Waals surface area contributed by atoms with E-state index in [-0.39, 0.29) is 12.3 Å². The number of carbonyl (C=O) groups excluding carboxylic acids is 1. The molecule has 1 amide bonds. The first kappa shape index (κ1) is 19.9. The van der Waals surface area contributed by atoms with E-state index in [9.17, 15) is 4.79 Å². The summed E-state index contributed by atoms with van der Waals surface area (Å²) in [6.45, 7) is 6.04. The summed E-state index contributed by atoms with van der Waals surface area (Å²) >= 11 is 0. The van der Waals surface area contributed by atoms with Crippen LogP contribution in [-0.4, -0.2) is 62.4 Å². The fourth-order valence-corrected chi connectivity index (χ4v) is 3.07. The van der Waals surface area contributed by atoms with Crippen molar-refractivity contribution in [3.63, 3.8) is 0 Å². The number of hydrogen-bond donors (Lipinski definition) is 2. The second kappa shape index (κ2) is 9.89. The Hall–Kier alpha value is -2.87. The van der Waals surface area contributed by atoms with Crippen LogP contribution in [0.15, 0.2) is 30.3 Å². The number of carbonyl (C=O) groups is 1. The first-order valence-electron chi connectivity index (χ1n) is 9.46. The molecule has 0 bridgehead atoms. The van der Waals surface area contributed by atoms with Crippen molar-refractivity contribution in [2.75, 3.05) is 56.7 Å². The maximum atomic E-state index is 12.2. The molecular formula is C20H27N5O3. The fourth-order valence-electron chi connectivity index (χ4n) is 3.07. The lowest BCUT2D eigenvalue weighted by molar-refractivity contribution is -0.120. The van der Waals surface area contributed by atoms with Crippen molar-refractivity contribution in [2.24, 2.45) is 0 Å². The van der Waals surface area contributed by atoms with Crippen LogP contribution in [0.25, 0.3) is 0 Å². The Labute approximate surface area is 165 Å². The van der Waals surface area contributed by atoms with Crippen LogP contribution in [0.1, 0.15) is 11.4 Å². The molecule has 1 aromatic carbocycles. The Kier molecular flexibility index (Phi) is 7.02. The van der Waals surface area contributed by atoms with Crippen LogP contribution in [0, 0.1) is 6.92 Å². The molecule has 0 unspecified atom stereocenters. The van der Waals surface area contributed by atoms with E-state index in [1.165, 1.54) is 0 Å². The third-order valence-electron chi connectivity index (χ3n) is 4.46. The average Bonchev–Trinajstić information content (AvgIpc) is 2.72. The topological polar surface area (TPSA) is 88.6 Å². The van der Waals surface area contributed by atoms with E-state index in [1.54, 1.807) is 7.11 Å². The van der Waals surface area contributed by atoms with Crippen LogP contribution in [0.5, 0.6) is 5.75 Å². The number of anilines is 2. The van der Waals surface area contributed by atoms with E-state index in [1.807, 2.05) is 37.3 Å². The van der Waals surface area contributed by atoms with Crippen LogP contribution in [-0.2, 0) is 16.0 Å². The number of hydrogen-bond acceptors (Lipinski definition) is 7. The molecule has 1 aliphatic heterocycles. The highest BCUT2D eigenvalue weighted by atomic mass is 16.5. The number of aromatic nitrogens is 2. The SMILES string of the molecule is COc1ccccc1CC(=O)NCCNc1cc(N2CCOCC2)nc(C)n1. The van der Waals surface area contributed by atoms with Crippen molar-refractivity contribution in [3.8, 4) is 5.75 Å². The number of aryl methyl sites for hydroxylation is 1. The van der Waals surface area contributed by atoms with Gasteiger partial charge in [-0.3, -0.25) is 4.79 Å². The molecule has 0 saturated carbocycles. The number of methoxy groups -OCH3 is 1. The van der Waals surface area contributed by atoms with Crippen molar-refractivity contribution < 1.29 is 14.3 Å². The van der Waals surface area contributed by atoms with Gasteiger partial charge in [-0.05, 0) is 13.0 Å². The number of rotatable bonds is 8. The molecular weight excluding hydrogens is 358 g/mol. The van der Waals surface area contributed by atoms with Crippen LogP contribution in [0.4, 0.5) is 11.6 Å². The Morgan fingerprint density at radius 2 is 2.00 bits per heavy atom. The quantitative estimate of drug-likeness (QED) is 0.664. The van der Waals surface area contributed by atoms with E-state index in [0.717, 1.165) is 36.0 Å². The van der Waals surface area contributed by atoms with Gasteiger partial charge in [-0.25, -0.2) is 9.97 Å². The van der Waals surface area contributed by atoms with Crippen molar-refractivity contribution in [2.45, 2.75) is 13.3 Å². The molecule has 28 heavy (non-hydrogen) atoms. The van der Waals surface area contributed by atoms with E-state index in [0.29, 0.717) is 32.1 Å². The van der Waals surface area contributed by atoms with Crippen LogP contribution in [0.2, 0.25) is 0 Å². The Balaban J connectivity index is 1.47. The fraction of sp³-hybridized carbons (Fsp3) is 0.450. The van der Waals surface area contributed by atoms with Crippen LogP contribution < -0.4 is 20.3 Å². The minimum Gasteiger partial charge on any atom is -0.496 e. The van der Waals surface area contributed by atoms with Gasteiger partial charge in [0, 0.05) is 37.8 Å². The molecule has 0 radical (unpaired) electrons. The molecule has 2 N–H and O–H groups in total. The van der Waals surface area contributed by atoms with Gasteiger partial charge in [0.1, 0.15) is 23.2 Å². The van der Waals surface area contributed by atoms with Crippen molar-refractivity contribution in [3.05, 3.63) is 41.7 Å². The molecule has 0 atom stereocenters. The van der Waals surface area contributed by atoms with Gasteiger partial charge >= 0.3 is 0 Å². The van der Waals surface area contributed by atoms with Crippen LogP contribution in [0.3, 0.4) is 0 Å². The third kappa shape index (κ3) is 5.56. The Bertz CT molecular complexity index is 793. The summed E-state index contributed by atoms with van der Waals surface area (Å²) in [5.41, 5.74) is 0.872.